The van der Waals surface area contributed by atoms with Gasteiger partial charge in [0.25, 0.3) is 0 Å². The van der Waals surface area contributed by atoms with Gasteiger partial charge in [-0.05, 0) is 13.0 Å². The minimum absolute atomic E-state index is 0.0857. The maximum absolute atomic E-state index is 12.5. The van der Waals surface area contributed by atoms with Crippen molar-refractivity contribution in [2.24, 2.45) is 5.92 Å². The molecule has 0 radical (unpaired) electrons. The zero-order chi connectivity index (χ0) is 20.1. The summed E-state index contributed by atoms with van der Waals surface area (Å²) in [5.74, 6) is -0.675. The molecule has 9 heteroatoms. The number of thiazole rings is 1. The zero-order valence-corrected chi connectivity index (χ0v) is 16.5. The molecule has 2 amide bonds. The van der Waals surface area contributed by atoms with Crippen molar-refractivity contribution < 1.29 is 23.9 Å². The predicted octanol–water partition coefficient (Wildman–Crippen LogP) is 2.32. The van der Waals surface area contributed by atoms with E-state index < -0.39 is 11.9 Å². The third-order valence-electron chi connectivity index (χ3n) is 4.36. The number of nitrogens with zero attached hydrogens (tertiary/aromatic N) is 2. The molecule has 1 aromatic carbocycles. The van der Waals surface area contributed by atoms with Gasteiger partial charge in [0.05, 0.1) is 19.6 Å². The number of nitrogens with one attached hydrogen (secondary N) is 1. The molecular formula is C19H21N3O5S. The monoisotopic (exact) mass is 403 g/mol. The van der Waals surface area contributed by atoms with Gasteiger partial charge in [0.1, 0.15) is 5.75 Å². The summed E-state index contributed by atoms with van der Waals surface area (Å²) in [5, 5.41) is 4.52. The largest absolute Gasteiger partial charge is 0.496 e. The van der Waals surface area contributed by atoms with E-state index >= 15 is 0 Å². The summed E-state index contributed by atoms with van der Waals surface area (Å²) in [5.41, 5.74) is 1.04. The van der Waals surface area contributed by atoms with Crippen LogP contribution < -0.4 is 10.1 Å². The summed E-state index contributed by atoms with van der Waals surface area (Å²) in [6.07, 6.45) is 0.136. The quantitative estimate of drug-likeness (QED) is 0.713. The van der Waals surface area contributed by atoms with Gasteiger partial charge in [-0.1, -0.05) is 18.2 Å². The van der Waals surface area contributed by atoms with Gasteiger partial charge < -0.3 is 19.7 Å². The van der Waals surface area contributed by atoms with E-state index in [1.807, 2.05) is 24.3 Å². The lowest BCUT2D eigenvalue weighted by Gasteiger charge is -2.18. The van der Waals surface area contributed by atoms with Crippen molar-refractivity contribution in [3.63, 3.8) is 0 Å². The minimum Gasteiger partial charge on any atom is -0.496 e. The molecule has 1 aliphatic rings. The highest BCUT2D eigenvalue weighted by Crippen LogP contribution is 2.26. The Kier molecular flexibility index (Phi) is 6.25. The van der Waals surface area contributed by atoms with Crippen molar-refractivity contribution >= 4 is 34.3 Å². The van der Waals surface area contributed by atoms with E-state index in [9.17, 15) is 14.4 Å². The summed E-state index contributed by atoms with van der Waals surface area (Å²) in [6.45, 7) is 2.67. The normalized spacial score (nSPS) is 16.1. The van der Waals surface area contributed by atoms with Crippen LogP contribution >= 0.6 is 11.3 Å². The number of esters is 1. The molecule has 0 aliphatic carbocycles. The second-order valence-electron chi connectivity index (χ2n) is 6.23. The molecular weight excluding hydrogens is 382 g/mol. The number of aromatic nitrogens is 1. The number of likely N-dealkylation sites (tertiary alicyclic amines) is 1. The highest BCUT2D eigenvalue weighted by Gasteiger charge is 2.35. The van der Waals surface area contributed by atoms with E-state index in [1.165, 1.54) is 5.38 Å². The van der Waals surface area contributed by atoms with Gasteiger partial charge in [0.15, 0.2) is 10.8 Å². The Hall–Kier alpha value is -2.94. The fourth-order valence-corrected chi connectivity index (χ4v) is 3.66. The molecule has 3 rings (SSSR count). The molecule has 8 nitrogen and oxygen atoms in total. The first-order valence-electron chi connectivity index (χ1n) is 8.85. The van der Waals surface area contributed by atoms with Gasteiger partial charge in [-0.15, -0.1) is 11.3 Å². The first-order chi connectivity index (χ1) is 13.5. The lowest BCUT2D eigenvalue weighted by Crippen LogP contribution is -2.28. The Morgan fingerprint density at radius 3 is 2.89 bits per heavy atom. The van der Waals surface area contributed by atoms with E-state index in [0.29, 0.717) is 24.0 Å². The maximum atomic E-state index is 12.5. The van der Waals surface area contributed by atoms with Gasteiger partial charge >= 0.3 is 5.97 Å². The number of benzene rings is 1. The molecule has 0 unspecified atom stereocenters. The summed E-state index contributed by atoms with van der Waals surface area (Å²) in [4.78, 5) is 42.2. The predicted molar refractivity (Wildman–Crippen MR) is 103 cm³/mol. The van der Waals surface area contributed by atoms with E-state index in [-0.39, 0.29) is 30.5 Å². The molecule has 2 aromatic rings. The zero-order valence-electron chi connectivity index (χ0n) is 15.6. The van der Waals surface area contributed by atoms with Crippen molar-refractivity contribution in [3.8, 4) is 5.75 Å². The summed E-state index contributed by atoms with van der Waals surface area (Å²) < 4.78 is 10.2. The molecule has 0 bridgehead atoms. The number of anilines is 1. The van der Waals surface area contributed by atoms with Crippen LogP contribution in [0.1, 0.15) is 29.4 Å². The van der Waals surface area contributed by atoms with Crippen LogP contribution in [0.4, 0.5) is 5.13 Å². The smallest absolute Gasteiger partial charge is 0.357 e. The lowest BCUT2D eigenvalue weighted by atomic mass is 10.1. The van der Waals surface area contributed by atoms with Crippen molar-refractivity contribution in [1.29, 1.82) is 0 Å². The van der Waals surface area contributed by atoms with Crippen LogP contribution in [-0.2, 0) is 20.9 Å². The van der Waals surface area contributed by atoms with Gasteiger partial charge in [-0.2, -0.15) is 0 Å². The number of rotatable bonds is 7. The number of methoxy groups -OCH3 is 1. The van der Waals surface area contributed by atoms with Gasteiger partial charge in [-0.3, -0.25) is 9.59 Å². The van der Waals surface area contributed by atoms with Crippen LogP contribution in [0.25, 0.3) is 0 Å². The molecule has 1 atom stereocenters. The summed E-state index contributed by atoms with van der Waals surface area (Å²) in [6, 6.07) is 7.48. The van der Waals surface area contributed by atoms with E-state index in [2.05, 4.69) is 10.3 Å². The Morgan fingerprint density at radius 2 is 2.14 bits per heavy atom. The second kappa shape index (κ2) is 8.83. The number of para-hydroxylation sites is 1. The molecule has 148 valence electrons. The van der Waals surface area contributed by atoms with Gasteiger partial charge in [-0.25, -0.2) is 9.78 Å². The summed E-state index contributed by atoms with van der Waals surface area (Å²) in [7, 11) is 1.58. The van der Waals surface area contributed by atoms with Crippen LogP contribution in [0.5, 0.6) is 5.75 Å². The number of hydrogen-bond donors (Lipinski definition) is 1. The van der Waals surface area contributed by atoms with Crippen LogP contribution in [0.2, 0.25) is 0 Å². The lowest BCUT2D eigenvalue weighted by molar-refractivity contribution is -0.128. The Bertz CT molecular complexity index is 882. The molecule has 1 fully saturated rings. The number of hydrogen-bond acceptors (Lipinski definition) is 7. The topological polar surface area (TPSA) is 97.8 Å². The Balaban J connectivity index is 1.60. The number of ether oxygens (including phenoxy) is 2. The number of amides is 2. The fourth-order valence-electron chi connectivity index (χ4n) is 2.98. The van der Waals surface area contributed by atoms with E-state index in [0.717, 1.165) is 16.9 Å². The molecule has 2 heterocycles. The first kappa shape index (κ1) is 19.8. The van der Waals surface area contributed by atoms with Crippen molar-refractivity contribution in [1.82, 2.24) is 9.88 Å². The highest BCUT2D eigenvalue weighted by atomic mass is 32.1. The van der Waals surface area contributed by atoms with Crippen LogP contribution in [0, 0.1) is 5.92 Å². The first-order valence-corrected chi connectivity index (χ1v) is 9.73. The average molecular weight is 403 g/mol. The maximum Gasteiger partial charge on any atom is 0.357 e. The molecule has 1 aliphatic heterocycles. The highest BCUT2D eigenvalue weighted by molar-refractivity contribution is 7.14. The average Bonchev–Trinajstić information content (AvgIpc) is 3.29. The third-order valence-corrected chi connectivity index (χ3v) is 5.12. The molecule has 0 spiro atoms. The van der Waals surface area contributed by atoms with Crippen molar-refractivity contribution in [3.05, 3.63) is 40.9 Å². The minimum atomic E-state index is -0.529. The molecule has 28 heavy (non-hydrogen) atoms. The second-order valence-corrected chi connectivity index (χ2v) is 7.09. The van der Waals surface area contributed by atoms with Crippen LogP contribution in [0.15, 0.2) is 29.6 Å². The van der Waals surface area contributed by atoms with E-state index in [1.54, 1.807) is 18.9 Å². The van der Waals surface area contributed by atoms with Gasteiger partial charge in [0.2, 0.25) is 11.8 Å². The van der Waals surface area contributed by atoms with Crippen molar-refractivity contribution in [2.75, 3.05) is 25.6 Å². The molecule has 1 aromatic heterocycles. The number of carbonyl (C=O) groups excluding carboxylic acids is 3. The van der Waals surface area contributed by atoms with Gasteiger partial charge in [0, 0.05) is 30.5 Å². The summed E-state index contributed by atoms with van der Waals surface area (Å²) >= 11 is 1.14. The van der Waals surface area contributed by atoms with Crippen molar-refractivity contribution in [2.45, 2.75) is 19.9 Å². The molecule has 1 saturated heterocycles. The molecule has 1 N–H and O–H groups in total. The Morgan fingerprint density at radius 1 is 1.36 bits per heavy atom. The van der Waals surface area contributed by atoms with E-state index in [4.69, 9.17) is 9.47 Å². The van der Waals surface area contributed by atoms with Crippen LogP contribution in [-0.4, -0.2) is 47.9 Å². The third kappa shape index (κ3) is 4.48. The van der Waals surface area contributed by atoms with Crippen LogP contribution in [0.3, 0.4) is 0 Å². The Labute approximate surface area is 166 Å². The number of carbonyl (C=O) groups is 3. The fraction of sp³-hybridized carbons (Fsp3) is 0.368. The molecule has 0 saturated carbocycles. The SMILES string of the molecule is CCOC(=O)c1csc(NC(=O)[C@@H]2CC(=O)N(Cc3ccccc3OC)C2)n1. The standard InChI is InChI=1S/C19H21N3O5S/c1-3-27-18(25)14-11-28-19(20-14)21-17(24)13-8-16(23)22(10-13)9-12-6-4-5-7-15(12)26-2/h4-7,11,13H,3,8-10H2,1-2H3,(H,20,21,24)/t13-/m1/s1.